The number of benzene rings is 3. The van der Waals surface area contributed by atoms with Crippen LogP contribution < -0.4 is 9.73 Å². The van der Waals surface area contributed by atoms with Crippen LogP contribution in [0.3, 0.4) is 0 Å². The summed E-state index contributed by atoms with van der Waals surface area (Å²) in [6, 6.07) is 20.4. The number of hydrazone groups is 1. The summed E-state index contributed by atoms with van der Waals surface area (Å²) in [6.45, 7) is 13.5. The monoisotopic (exact) mass is 556 g/mol. The van der Waals surface area contributed by atoms with Crippen LogP contribution in [-0.4, -0.2) is 31.7 Å². The maximum absolute atomic E-state index is 13.7. The van der Waals surface area contributed by atoms with Gasteiger partial charge < -0.3 is 4.57 Å². The van der Waals surface area contributed by atoms with Crippen LogP contribution in [0.2, 0.25) is 0 Å². The Kier molecular flexibility index (Phi) is 8.30. The first-order valence-electron chi connectivity index (χ1n) is 13.1. The van der Waals surface area contributed by atoms with Crippen LogP contribution in [0.4, 0.5) is 5.69 Å². The average molecular weight is 557 g/mol. The van der Waals surface area contributed by atoms with Crippen molar-refractivity contribution < 1.29 is 13.2 Å². The minimum atomic E-state index is -4.01. The van der Waals surface area contributed by atoms with E-state index in [2.05, 4.69) is 47.1 Å². The summed E-state index contributed by atoms with van der Waals surface area (Å²) in [4.78, 5) is 13.1. The zero-order valence-electron chi connectivity index (χ0n) is 24.1. The number of aromatic nitrogens is 1. The fourth-order valence-electron chi connectivity index (χ4n) is 4.77. The normalized spacial score (nSPS) is 11.7. The predicted molar refractivity (Wildman–Crippen MR) is 162 cm³/mol. The smallest absolute Gasteiger partial charge is 0.264 e. The van der Waals surface area contributed by atoms with Gasteiger partial charge in [0.1, 0.15) is 6.54 Å². The second-order valence-electron chi connectivity index (χ2n) is 10.4. The van der Waals surface area contributed by atoms with E-state index in [9.17, 15) is 13.2 Å². The Balaban J connectivity index is 1.58. The molecule has 1 heterocycles. The predicted octanol–water partition coefficient (Wildman–Crippen LogP) is 5.98. The fraction of sp³-hybridized carbons (Fsp3) is 0.250. The van der Waals surface area contributed by atoms with Crippen LogP contribution in [0.5, 0.6) is 0 Å². The van der Waals surface area contributed by atoms with Crippen molar-refractivity contribution in [1.82, 2.24) is 9.99 Å². The van der Waals surface area contributed by atoms with E-state index in [-0.39, 0.29) is 4.90 Å². The molecule has 0 saturated carbocycles. The molecular formula is C32H36N4O3S. The van der Waals surface area contributed by atoms with Gasteiger partial charge in [0.15, 0.2) is 0 Å². The third-order valence-electron chi connectivity index (χ3n) is 7.00. The lowest BCUT2D eigenvalue weighted by Gasteiger charge is -2.24. The molecule has 0 unspecified atom stereocenters. The highest BCUT2D eigenvalue weighted by atomic mass is 32.2. The summed E-state index contributed by atoms with van der Waals surface area (Å²) in [5.74, 6) is -0.547. The highest BCUT2D eigenvalue weighted by molar-refractivity contribution is 7.92. The highest BCUT2D eigenvalue weighted by Gasteiger charge is 2.27. The second kappa shape index (κ2) is 11.5. The van der Waals surface area contributed by atoms with E-state index in [1.165, 1.54) is 11.1 Å². The lowest BCUT2D eigenvalue weighted by molar-refractivity contribution is -0.119. The number of hydrogen-bond donors (Lipinski definition) is 1. The number of amides is 1. The van der Waals surface area contributed by atoms with Gasteiger partial charge >= 0.3 is 0 Å². The van der Waals surface area contributed by atoms with E-state index < -0.39 is 22.5 Å². The lowest BCUT2D eigenvalue weighted by atomic mass is 10.1. The number of carbonyl (C=O) groups is 1. The van der Waals surface area contributed by atoms with E-state index in [4.69, 9.17) is 0 Å². The quantitative estimate of drug-likeness (QED) is 0.214. The molecule has 208 valence electrons. The van der Waals surface area contributed by atoms with Crippen molar-refractivity contribution in [3.05, 3.63) is 111 Å². The number of carbonyl (C=O) groups excluding carboxylic acids is 1. The molecule has 0 saturated heterocycles. The Bertz CT molecular complexity index is 1680. The van der Waals surface area contributed by atoms with Crippen LogP contribution in [0.25, 0.3) is 5.69 Å². The van der Waals surface area contributed by atoms with Crippen LogP contribution in [0.1, 0.15) is 44.8 Å². The standard InChI is InChI=1S/C32H36N4O3S/c1-21-8-12-31(13-9-21)40(38,39)35(30-15-22(2)14-23(3)16-30)20-32(37)34-33-19-28-18-26(6)36(27(28)7)29-11-10-24(4)25(5)17-29/h8-19H,20H2,1-7H3,(H,34,37)/b33-19-. The van der Waals surface area contributed by atoms with Crippen molar-refractivity contribution in [3.63, 3.8) is 0 Å². The average Bonchev–Trinajstić information content (AvgIpc) is 3.16. The molecule has 40 heavy (non-hydrogen) atoms. The molecule has 0 atom stereocenters. The van der Waals surface area contributed by atoms with Crippen molar-refractivity contribution in [2.75, 3.05) is 10.8 Å². The zero-order chi connectivity index (χ0) is 29.2. The van der Waals surface area contributed by atoms with Gasteiger partial charge in [-0.25, -0.2) is 13.8 Å². The Morgan fingerprint density at radius 1 is 0.825 bits per heavy atom. The summed E-state index contributed by atoms with van der Waals surface area (Å²) in [7, 11) is -4.01. The first-order chi connectivity index (χ1) is 18.9. The first-order valence-corrected chi connectivity index (χ1v) is 14.6. The molecule has 0 aliphatic heterocycles. The molecule has 0 aliphatic carbocycles. The third-order valence-corrected chi connectivity index (χ3v) is 8.79. The summed E-state index contributed by atoms with van der Waals surface area (Å²) >= 11 is 0. The van der Waals surface area contributed by atoms with Gasteiger partial charge in [0.2, 0.25) is 0 Å². The second-order valence-corrected chi connectivity index (χ2v) is 12.3. The van der Waals surface area contributed by atoms with Crippen LogP contribution >= 0.6 is 0 Å². The SMILES string of the molecule is Cc1ccc(S(=O)(=O)N(CC(=O)N/N=C\c2cc(C)n(-c3ccc(C)c(C)c3)c2C)c2cc(C)cc(C)c2)cc1. The molecule has 1 amide bonds. The number of nitrogens with one attached hydrogen (secondary N) is 1. The maximum Gasteiger partial charge on any atom is 0.264 e. The Labute approximate surface area is 237 Å². The van der Waals surface area contributed by atoms with Crippen LogP contribution in [0, 0.1) is 48.5 Å². The third kappa shape index (κ3) is 6.18. The minimum Gasteiger partial charge on any atom is -0.318 e. The van der Waals surface area contributed by atoms with Gasteiger partial charge in [-0.1, -0.05) is 29.8 Å². The molecule has 4 aromatic rings. The maximum atomic E-state index is 13.7. The zero-order valence-corrected chi connectivity index (χ0v) is 24.9. The number of hydrogen-bond acceptors (Lipinski definition) is 4. The molecule has 0 bridgehead atoms. The summed E-state index contributed by atoms with van der Waals surface area (Å²) in [6.07, 6.45) is 1.59. The Morgan fingerprint density at radius 2 is 1.48 bits per heavy atom. The molecule has 0 aliphatic rings. The molecule has 8 heteroatoms. The van der Waals surface area contributed by atoms with E-state index in [0.29, 0.717) is 5.69 Å². The lowest BCUT2D eigenvalue weighted by Crippen LogP contribution is -2.39. The molecule has 1 aromatic heterocycles. The molecule has 0 spiro atoms. The van der Waals surface area contributed by atoms with Gasteiger partial charge in [0.25, 0.3) is 15.9 Å². The van der Waals surface area contributed by atoms with Gasteiger partial charge in [-0.2, -0.15) is 5.10 Å². The van der Waals surface area contributed by atoms with Gasteiger partial charge in [-0.3, -0.25) is 9.10 Å². The number of sulfonamides is 1. The number of rotatable bonds is 8. The summed E-state index contributed by atoms with van der Waals surface area (Å²) in [5, 5.41) is 4.17. The van der Waals surface area contributed by atoms with Crippen LogP contribution in [0.15, 0.2) is 76.7 Å². The van der Waals surface area contributed by atoms with Crippen molar-refractivity contribution in [2.24, 2.45) is 5.10 Å². The molecule has 0 fully saturated rings. The topological polar surface area (TPSA) is 83.8 Å². The van der Waals surface area contributed by atoms with E-state index in [1.807, 2.05) is 46.8 Å². The van der Waals surface area contributed by atoms with E-state index >= 15 is 0 Å². The molecule has 4 rings (SSSR count). The molecule has 7 nitrogen and oxygen atoms in total. The van der Waals surface area contributed by atoms with E-state index in [1.54, 1.807) is 42.6 Å². The number of aryl methyl sites for hydroxylation is 6. The molecule has 1 N–H and O–H groups in total. The largest absolute Gasteiger partial charge is 0.318 e. The minimum absolute atomic E-state index is 0.118. The van der Waals surface area contributed by atoms with Crippen molar-refractivity contribution in [1.29, 1.82) is 0 Å². The Hall–Kier alpha value is -4.17. The van der Waals surface area contributed by atoms with Crippen LogP contribution in [-0.2, 0) is 14.8 Å². The van der Waals surface area contributed by atoms with Gasteiger partial charge in [-0.05, 0) is 113 Å². The molecule has 0 radical (unpaired) electrons. The van der Waals surface area contributed by atoms with E-state index in [0.717, 1.165) is 43.6 Å². The van der Waals surface area contributed by atoms with Crippen molar-refractivity contribution in [2.45, 2.75) is 53.4 Å². The molecular weight excluding hydrogens is 520 g/mol. The fourth-order valence-corrected chi connectivity index (χ4v) is 6.17. The summed E-state index contributed by atoms with van der Waals surface area (Å²) < 4.78 is 30.6. The molecule has 3 aromatic carbocycles. The van der Waals surface area contributed by atoms with Gasteiger partial charge in [0.05, 0.1) is 16.8 Å². The van der Waals surface area contributed by atoms with Crippen molar-refractivity contribution in [3.8, 4) is 5.69 Å². The van der Waals surface area contributed by atoms with Gasteiger partial charge in [0, 0.05) is 22.6 Å². The van der Waals surface area contributed by atoms with Crippen molar-refractivity contribution >= 4 is 27.8 Å². The highest BCUT2D eigenvalue weighted by Crippen LogP contribution is 2.26. The summed E-state index contributed by atoms with van der Waals surface area (Å²) in [5.41, 5.74) is 12.1. The number of nitrogens with zero attached hydrogens (tertiary/aromatic N) is 3. The number of anilines is 1. The Morgan fingerprint density at radius 3 is 2.10 bits per heavy atom. The van der Waals surface area contributed by atoms with Gasteiger partial charge in [-0.15, -0.1) is 0 Å². The first kappa shape index (κ1) is 28.8.